The van der Waals surface area contributed by atoms with Crippen molar-refractivity contribution in [2.75, 3.05) is 25.6 Å². The van der Waals surface area contributed by atoms with Crippen LogP contribution in [-0.4, -0.2) is 49.8 Å². The average molecular weight is 327 g/mol. The first-order valence-electron chi connectivity index (χ1n) is 6.26. The molecule has 0 aliphatic rings. The smallest absolute Gasteiger partial charge is 0.255 e. The molecule has 2 rings (SSSR count). The maximum absolute atomic E-state index is 12.4. The van der Waals surface area contributed by atoms with Crippen LogP contribution in [0.2, 0.25) is 5.15 Å². The highest BCUT2D eigenvalue weighted by atomic mass is 35.5. The molecule has 1 aromatic heterocycles. The molecule has 5 nitrogen and oxygen atoms in total. The zero-order chi connectivity index (χ0) is 15.6. The lowest BCUT2D eigenvalue weighted by atomic mass is 10.1. The molecular formula is C14H15ClN2O3S. The third kappa shape index (κ3) is 3.71. The Kier molecular flexibility index (Phi) is 4.49. The number of pyridine rings is 1. The zero-order valence-corrected chi connectivity index (χ0v) is 13.3. The summed E-state index contributed by atoms with van der Waals surface area (Å²) in [5, 5.41) is 1.73. The molecule has 2 aromatic rings. The van der Waals surface area contributed by atoms with Gasteiger partial charge in [0.05, 0.1) is 11.3 Å². The van der Waals surface area contributed by atoms with E-state index in [4.69, 9.17) is 11.6 Å². The zero-order valence-electron chi connectivity index (χ0n) is 11.7. The number of rotatable bonds is 4. The van der Waals surface area contributed by atoms with Gasteiger partial charge in [0.15, 0.2) is 0 Å². The normalized spacial score (nSPS) is 11.6. The monoisotopic (exact) mass is 326 g/mol. The van der Waals surface area contributed by atoms with Gasteiger partial charge >= 0.3 is 0 Å². The number of benzene rings is 1. The first-order valence-corrected chi connectivity index (χ1v) is 8.70. The summed E-state index contributed by atoms with van der Waals surface area (Å²) in [6, 6.07) is 7.21. The Morgan fingerprint density at radius 1 is 1.29 bits per heavy atom. The Morgan fingerprint density at radius 2 is 1.90 bits per heavy atom. The summed E-state index contributed by atoms with van der Waals surface area (Å²) < 4.78 is 22.4. The number of carbonyl (C=O) groups excluding carboxylic acids is 1. The number of nitrogens with zero attached hydrogens (tertiary/aromatic N) is 2. The van der Waals surface area contributed by atoms with Gasteiger partial charge in [0.2, 0.25) is 0 Å². The lowest BCUT2D eigenvalue weighted by molar-refractivity contribution is 0.0805. The molecule has 0 radical (unpaired) electrons. The van der Waals surface area contributed by atoms with E-state index in [1.54, 1.807) is 19.2 Å². The average Bonchev–Trinajstić information content (AvgIpc) is 2.44. The predicted molar refractivity (Wildman–Crippen MR) is 83.4 cm³/mol. The van der Waals surface area contributed by atoms with Gasteiger partial charge in [-0.2, -0.15) is 0 Å². The van der Waals surface area contributed by atoms with E-state index in [2.05, 4.69) is 4.98 Å². The van der Waals surface area contributed by atoms with Crippen LogP contribution in [-0.2, 0) is 9.84 Å². The molecule has 0 fully saturated rings. The van der Waals surface area contributed by atoms with E-state index in [0.29, 0.717) is 21.5 Å². The second-order valence-corrected chi connectivity index (χ2v) is 7.48. The Morgan fingerprint density at radius 3 is 2.52 bits per heavy atom. The third-order valence-electron chi connectivity index (χ3n) is 3.12. The number of aromatic nitrogens is 1. The summed E-state index contributed by atoms with van der Waals surface area (Å²) >= 11 is 6.02. The minimum Gasteiger partial charge on any atom is -0.341 e. The van der Waals surface area contributed by atoms with Crippen LogP contribution in [0, 0.1) is 0 Å². The maximum atomic E-state index is 12.4. The molecular weight excluding hydrogens is 312 g/mol. The summed E-state index contributed by atoms with van der Waals surface area (Å²) in [5.41, 5.74) is 0.408. The van der Waals surface area contributed by atoms with Gasteiger partial charge in [-0.15, -0.1) is 0 Å². The van der Waals surface area contributed by atoms with Crippen LogP contribution in [0.1, 0.15) is 10.4 Å². The van der Waals surface area contributed by atoms with Gasteiger partial charge in [-0.3, -0.25) is 4.79 Å². The van der Waals surface area contributed by atoms with Crippen molar-refractivity contribution >= 4 is 38.1 Å². The van der Waals surface area contributed by atoms with E-state index < -0.39 is 9.84 Å². The molecule has 1 aromatic carbocycles. The van der Waals surface area contributed by atoms with Crippen molar-refractivity contribution in [1.29, 1.82) is 0 Å². The number of hydrogen-bond donors (Lipinski definition) is 0. The molecule has 7 heteroatoms. The van der Waals surface area contributed by atoms with Crippen molar-refractivity contribution in [3.05, 3.63) is 41.2 Å². The first-order chi connectivity index (χ1) is 9.79. The molecule has 0 atom stereocenters. The molecule has 112 valence electrons. The Hall–Kier alpha value is -1.66. The van der Waals surface area contributed by atoms with Crippen molar-refractivity contribution in [2.45, 2.75) is 0 Å². The number of sulfone groups is 1. The van der Waals surface area contributed by atoms with Crippen molar-refractivity contribution < 1.29 is 13.2 Å². The van der Waals surface area contributed by atoms with Gasteiger partial charge in [0, 0.05) is 31.4 Å². The van der Waals surface area contributed by atoms with Crippen LogP contribution in [0.4, 0.5) is 0 Å². The van der Waals surface area contributed by atoms with Crippen LogP contribution >= 0.6 is 11.6 Å². The van der Waals surface area contributed by atoms with Crippen LogP contribution in [0.25, 0.3) is 10.8 Å². The van der Waals surface area contributed by atoms with E-state index in [1.807, 2.05) is 12.1 Å². The van der Waals surface area contributed by atoms with Gasteiger partial charge in [-0.05, 0) is 5.39 Å². The fourth-order valence-electron chi connectivity index (χ4n) is 1.94. The lowest BCUT2D eigenvalue weighted by Crippen LogP contribution is -2.31. The topological polar surface area (TPSA) is 67.3 Å². The van der Waals surface area contributed by atoms with E-state index in [0.717, 1.165) is 6.26 Å². The molecule has 0 aliphatic heterocycles. The fourth-order valence-corrected chi connectivity index (χ4v) is 2.76. The van der Waals surface area contributed by atoms with Crippen LogP contribution in [0.3, 0.4) is 0 Å². The number of fused-ring (bicyclic) bond motifs is 1. The van der Waals surface area contributed by atoms with E-state index in [-0.39, 0.29) is 18.2 Å². The largest absolute Gasteiger partial charge is 0.341 e. The number of amides is 1. The van der Waals surface area contributed by atoms with Crippen LogP contribution < -0.4 is 0 Å². The summed E-state index contributed by atoms with van der Waals surface area (Å²) in [5.74, 6) is -0.354. The maximum Gasteiger partial charge on any atom is 0.255 e. The Bertz CT molecular complexity index is 790. The van der Waals surface area contributed by atoms with Gasteiger partial charge in [0.1, 0.15) is 15.0 Å². The summed E-state index contributed by atoms with van der Waals surface area (Å²) in [7, 11) is -1.55. The Balaban J connectivity index is 2.34. The van der Waals surface area contributed by atoms with Crippen molar-refractivity contribution in [1.82, 2.24) is 9.88 Å². The summed E-state index contributed by atoms with van der Waals surface area (Å²) in [4.78, 5) is 17.8. The standard InChI is InChI=1S/C14H15ClN2O3S/c1-17(7-8-21(2,19)20)14(18)12-9-16-13(15)11-6-4-3-5-10(11)12/h3-6,9H,7-8H2,1-2H3. The SMILES string of the molecule is CN(CCS(C)(=O)=O)C(=O)c1cnc(Cl)c2ccccc12. The highest BCUT2D eigenvalue weighted by Crippen LogP contribution is 2.24. The van der Waals surface area contributed by atoms with Gasteiger partial charge < -0.3 is 4.90 Å². The fraction of sp³-hybridized carbons (Fsp3) is 0.286. The van der Waals surface area contributed by atoms with Crippen LogP contribution in [0.5, 0.6) is 0 Å². The molecule has 0 spiro atoms. The molecule has 0 bridgehead atoms. The van der Waals surface area contributed by atoms with Crippen molar-refractivity contribution in [2.24, 2.45) is 0 Å². The number of carbonyl (C=O) groups is 1. The molecule has 1 amide bonds. The quantitative estimate of drug-likeness (QED) is 0.806. The van der Waals surface area contributed by atoms with E-state index >= 15 is 0 Å². The number of hydrogen-bond acceptors (Lipinski definition) is 4. The predicted octanol–water partition coefficient (Wildman–Crippen LogP) is 2.00. The Labute approximate surface area is 128 Å². The summed E-state index contributed by atoms with van der Waals surface area (Å²) in [6.07, 6.45) is 2.56. The minimum absolute atomic E-state index is 0.0752. The van der Waals surface area contributed by atoms with Gasteiger partial charge in [0.25, 0.3) is 5.91 Å². The lowest BCUT2D eigenvalue weighted by Gasteiger charge is -2.17. The minimum atomic E-state index is -3.11. The second-order valence-electron chi connectivity index (χ2n) is 4.86. The molecule has 0 saturated heterocycles. The molecule has 0 unspecified atom stereocenters. The van der Waals surface area contributed by atoms with Crippen molar-refractivity contribution in [3.63, 3.8) is 0 Å². The first kappa shape index (κ1) is 15.7. The molecule has 1 heterocycles. The van der Waals surface area contributed by atoms with Crippen LogP contribution in [0.15, 0.2) is 30.5 Å². The van der Waals surface area contributed by atoms with E-state index in [1.165, 1.54) is 11.1 Å². The molecule has 0 aliphatic carbocycles. The third-order valence-corrected chi connectivity index (χ3v) is 4.35. The highest BCUT2D eigenvalue weighted by Gasteiger charge is 2.17. The van der Waals surface area contributed by atoms with Crippen molar-refractivity contribution in [3.8, 4) is 0 Å². The number of halogens is 1. The van der Waals surface area contributed by atoms with E-state index in [9.17, 15) is 13.2 Å². The second kappa shape index (κ2) is 5.99. The molecule has 21 heavy (non-hydrogen) atoms. The molecule has 0 N–H and O–H groups in total. The van der Waals surface area contributed by atoms with Gasteiger partial charge in [-0.1, -0.05) is 35.9 Å². The van der Waals surface area contributed by atoms with Gasteiger partial charge in [-0.25, -0.2) is 13.4 Å². The summed E-state index contributed by atoms with van der Waals surface area (Å²) in [6.45, 7) is 0.134. The molecule has 0 saturated carbocycles. The highest BCUT2D eigenvalue weighted by molar-refractivity contribution is 7.90.